The number of carbonyl (C=O) groups is 1. The Bertz CT molecular complexity index is 892. The first-order valence-electron chi connectivity index (χ1n) is 9.93. The maximum absolute atomic E-state index is 13.1. The lowest BCUT2D eigenvalue weighted by Gasteiger charge is -2.29. The zero-order valence-electron chi connectivity index (χ0n) is 16.0. The fraction of sp³-hybridized carbons (Fsp3) is 0.192. The molecule has 0 aliphatic carbocycles. The zero-order chi connectivity index (χ0) is 19.2. The minimum absolute atomic E-state index is 0.0920. The Morgan fingerprint density at radius 3 is 1.82 bits per heavy atom. The van der Waals surface area contributed by atoms with E-state index in [1.165, 1.54) is 22.3 Å². The Kier molecular flexibility index (Phi) is 5.67. The van der Waals surface area contributed by atoms with E-state index in [1.54, 1.807) is 0 Å². The number of amides is 1. The van der Waals surface area contributed by atoms with Crippen LogP contribution in [0.3, 0.4) is 0 Å². The van der Waals surface area contributed by atoms with Gasteiger partial charge in [0.1, 0.15) is 0 Å². The van der Waals surface area contributed by atoms with Gasteiger partial charge in [0.2, 0.25) is 5.91 Å². The number of nitrogens with zero attached hydrogens (tertiary/aromatic N) is 1. The predicted molar refractivity (Wildman–Crippen MR) is 115 cm³/mol. The van der Waals surface area contributed by atoms with Crippen LogP contribution in [0, 0.1) is 0 Å². The molecule has 0 unspecified atom stereocenters. The van der Waals surface area contributed by atoms with Crippen molar-refractivity contribution in [2.75, 3.05) is 13.1 Å². The van der Waals surface area contributed by atoms with E-state index in [9.17, 15) is 4.79 Å². The summed E-state index contributed by atoms with van der Waals surface area (Å²) in [7, 11) is 0. The van der Waals surface area contributed by atoms with Crippen molar-refractivity contribution >= 4 is 11.5 Å². The van der Waals surface area contributed by atoms with Gasteiger partial charge in [-0.3, -0.25) is 4.79 Å². The van der Waals surface area contributed by atoms with E-state index in [-0.39, 0.29) is 11.8 Å². The number of rotatable bonds is 5. The fourth-order valence-corrected chi connectivity index (χ4v) is 3.91. The first kappa shape index (κ1) is 18.2. The van der Waals surface area contributed by atoms with Crippen molar-refractivity contribution in [2.45, 2.75) is 18.8 Å². The first-order chi connectivity index (χ1) is 13.8. The normalized spacial score (nSPS) is 14.0. The minimum atomic E-state index is 0.0920. The molecule has 3 aromatic carbocycles. The van der Waals surface area contributed by atoms with E-state index in [0.29, 0.717) is 13.0 Å². The number of hydrogen-bond acceptors (Lipinski definition) is 1. The van der Waals surface area contributed by atoms with Crippen LogP contribution in [0.1, 0.15) is 35.4 Å². The Hall–Kier alpha value is -3.13. The average molecular weight is 367 g/mol. The highest BCUT2D eigenvalue weighted by Gasteiger charge is 2.23. The number of benzene rings is 3. The van der Waals surface area contributed by atoms with E-state index in [1.807, 2.05) is 47.4 Å². The Labute approximate surface area is 167 Å². The van der Waals surface area contributed by atoms with Gasteiger partial charge in [0.05, 0.1) is 0 Å². The molecule has 2 heteroatoms. The maximum Gasteiger partial charge on any atom is 0.223 e. The maximum atomic E-state index is 13.1. The van der Waals surface area contributed by atoms with Gasteiger partial charge in [-0.25, -0.2) is 0 Å². The van der Waals surface area contributed by atoms with Gasteiger partial charge < -0.3 is 4.90 Å². The summed E-state index contributed by atoms with van der Waals surface area (Å²) in [6.45, 7) is 1.48. The summed E-state index contributed by atoms with van der Waals surface area (Å²) >= 11 is 0. The number of carbonyl (C=O) groups excluding carboxylic acids is 1. The molecule has 1 amide bonds. The van der Waals surface area contributed by atoms with E-state index in [2.05, 4.69) is 54.6 Å². The van der Waals surface area contributed by atoms with Crippen molar-refractivity contribution in [2.24, 2.45) is 0 Å². The smallest absolute Gasteiger partial charge is 0.223 e. The monoisotopic (exact) mass is 367 g/mol. The van der Waals surface area contributed by atoms with Crippen molar-refractivity contribution in [3.8, 4) is 0 Å². The standard InChI is InChI=1S/C26H25NO/c28-26(27-18-16-22(17-19-27)21-10-4-1-5-11-21)20-25(23-12-6-2-7-13-23)24-14-8-3-9-15-24/h1-16,25H,17-20H2. The molecule has 0 bridgehead atoms. The largest absolute Gasteiger partial charge is 0.339 e. The van der Waals surface area contributed by atoms with Crippen molar-refractivity contribution in [1.29, 1.82) is 0 Å². The quantitative estimate of drug-likeness (QED) is 0.581. The number of hydrogen-bond donors (Lipinski definition) is 0. The second-order valence-electron chi connectivity index (χ2n) is 7.26. The second kappa shape index (κ2) is 8.71. The zero-order valence-corrected chi connectivity index (χ0v) is 16.0. The Morgan fingerprint density at radius 2 is 1.32 bits per heavy atom. The molecule has 2 nitrogen and oxygen atoms in total. The first-order valence-corrected chi connectivity index (χ1v) is 9.93. The van der Waals surface area contributed by atoms with Crippen LogP contribution < -0.4 is 0 Å². The molecule has 140 valence electrons. The van der Waals surface area contributed by atoms with Gasteiger partial charge in [-0.05, 0) is 28.7 Å². The summed E-state index contributed by atoms with van der Waals surface area (Å²) in [6.07, 6.45) is 3.62. The topological polar surface area (TPSA) is 20.3 Å². The van der Waals surface area contributed by atoms with Crippen LogP contribution in [-0.2, 0) is 4.79 Å². The molecule has 0 atom stereocenters. The van der Waals surface area contributed by atoms with E-state index in [0.717, 1.165) is 13.0 Å². The molecule has 3 aromatic rings. The molecule has 0 N–H and O–H groups in total. The van der Waals surface area contributed by atoms with Crippen molar-refractivity contribution in [3.05, 3.63) is 114 Å². The van der Waals surface area contributed by atoms with Gasteiger partial charge in [0.15, 0.2) is 0 Å². The summed E-state index contributed by atoms with van der Waals surface area (Å²) in [5.74, 6) is 0.315. The minimum Gasteiger partial charge on any atom is -0.339 e. The van der Waals surface area contributed by atoms with Gasteiger partial charge >= 0.3 is 0 Å². The molecule has 0 fully saturated rings. The van der Waals surface area contributed by atoms with Crippen LogP contribution in [0.25, 0.3) is 5.57 Å². The average Bonchev–Trinajstić information content (AvgIpc) is 2.79. The summed E-state index contributed by atoms with van der Waals surface area (Å²) in [4.78, 5) is 15.1. The summed E-state index contributed by atoms with van der Waals surface area (Å²) in [5.41, 5.74) is 4.99. The lowest BCUT2D eigenvalue weighted by Crippen LogP contribution is -2.35. The molecule has 1 aliphatic rings. The van der Waals surface area contributed by atoms with Gasteiger partial charge in [-0.2, -0.15) is 0 Å². The van der Waals surface area contributed by atoms with Gasteiger partial charge in [-0.1, -0.05) is 97.1 Å². The molecule has 0 saturated heterocycles. The summed E-state index contributed by atoms with van der Waals surface area (Å²) in [6, 6.07) is 31.2. The van der Waals surface area contributed by atoms with Gasteiger partial charge in [-0.15, -0.1) is 0 Å². The SMILES string of the molecule is O=C(CC(c1ccccc1)c1ccccc1)N1CC=C(c2ccccc2)CC1. The summed E-state index contributed by atoms with van der Waals surface area (Å²) < 4.78 is 0. The molecule has 0 aromatic heterocycles. The molecule has 1 heterocycles. The highest BCUT2D eigenvalue weighted by atomic mass is 16.2. The molecule has 0 radical (unpaired) electrons. The predicted octanol–water partition coefficient (Wildman–Crippen LogP) is 5.52. The van der Waals surface area contributed by atoms with Crippen molar-refractivity contribution in [3.63, 3.8) is 0 Å². The lowest BCUT2D eigenvalue weighted by molar-refractivity contribution is -0.131. The van der Waals surface area contributed by atoms with Crippen molar-refractivity contribution in [1.82, 2.24) is 4.90 Å². The highest BCUT2D eigenvalue weighted by Crippen LogP contribution is 2.30. The van der Waals surface area contributed by atoms with Crippen LogP contribution in [0.4, 0.5) is 0 Å². The van der Waals surface area contributed by atoms with Crippen LogP contribution in [-0.4, -0.2) is 23.9 Å². The highest BCUT2D eigenvalue weighted by molar-refractivity contribution is 5.79. The Balaban J connectivity index is 1.49. The summed E-state index contributed by atoms with van der Waals surface area (Å²) in [5, 5.41) is 0. The van der Waals surface area contributed by atoms with Crippen LogP contribution in [0.2, 0.25) is 0 Å². The molecule has 0 spiro atoms. The van der Waals surface area contributed by atoms with E-state index >= 15 is 0 Å². The Morgan fingerprint density at radius 1 is 0.786 bits per heavy atom. The third-order valence-corrected chi connectivity index (χ3v) is 5.49. The second-order valence-corrected chi connectivity index (χ2v) is 7.26. The van der Waals surface area contributed by atoms with Gasteiger partial charge in [0, 0.05) is 25.4 Å². The molecular formula is C26H25NO. The lowest BCUT2D eigenvalue weighted by atomic mass is 9.88. The van der Waals surface area contributed by atoms with E-state index < -0.39 is 0 Å². The molecule has 1 aliphatic heterocycles. The third-order valence-electron chi connectivity index (χ3n) is 5.49. The molecular weight excluding hydrogens is 342 g/mol. The van der Waals surface area contributed by atoms with E-state index in [4.69, 9.17) is 0 Å². The van der Waals surface area contributed by atoms with Gasteiger partial charge in [0.25, 0.3) is 0 Å². The molecule has 28 heavy (non-hydrogen) atoms. The van der Waals surface area contributed by atoms with Crippen LogP contribution >= 0.6 is 0 Å². The molecule has 4 rings (SSSR count). The van der Waals surface area contributed by atoms with Crippen LogP contribution in [0.5, 0.6) is 0 Å². The fourth-order valence-electron chi connectivity index (χ4n) is 3.91. The third kappa shape index (κ3) is 4.23. The molecule has 0 saturated carbocycles. The van der Waals surface area contributed by atoms with Crippen LogP contribution in [0.15, 0.2) is 97.1 Å². The van der Waals surface area contributed by atoms with Crippen molar-refractivity contribution < 1.29 is 4.79 Å².